The van der Waals surface area contributed by atoms with Gasteiger partial charge in [0, 0.05) is 0 Å². The van der Waals surface area contributed by atoms with Gasteiger partial charge in [-0.15, -0.1) is 18.1 Å². The zero-order valence-electron chi connectivity index (χ0n) is 20.3. The summed E-state index contributed by atoms with van der Waals surface area (Å²) in [6.07, 6.45) is 0. The van der Waals surface area contributed by atoms with E-state index in [2.05, 4.69) is 18.1 Å². The number of halogens is 4. The van der Waals surface area contributed by atoms with Crippen LogP contribution in [0.25, 0.3) is 0 Å². The minimum Gasteiger partial charge on any atom is -0.431 e. The van der Waals surface area contributed by atoms with Crippen LogP contribution in [-0.2, 0) is 0 Å². The van der Waals surface area contributed by atoms with Gasteiger partial charge in [-0.05, 0) is 93.5 Å². The van der Waals surface area contributed by atoms with E-state index in [0.29, 0.717) is 23.0 Å². The van der Waals surface area contributed by atoms with Crippen molar-refractivity contribution in [2.24, 2.45) is 18.1 Å². The van der Waals surface area contributed by atoms with Crippen molar-refractivity contribution in [2.75, 3.05) is 0 Å². The van der Waals surface area contributed by atoms with Crippen molar-refractivity contribution in [2.45, 2.75) is 0 Å². The van der Waals surface area contributed by atoms with E-state index in [0.717, 1.165) is 0 Å². The molecule has 5 rings (SSSR count). The lowest BCUT2D eigenvalue weighted by Crippen LogP contribution is -1.95. The Morgan fingerprint density at radius 2 is 0.500 bits per heavy atom. The summed E-state index contributed by atoms with van der Waals surface area (Å²) in [7, 11) is 0. The highest BCUT2D eigenvalue weighted by Gasteiger charge is 2.40. The molecule has 0 amide bonds. The Kier molecular flexibility index (Phi) is 9.32. The highest BCUT2D eigenvalue weighted by atomic mass is 35.7. The molecule has 0 aliphatic carbocycles. The van der Waals surface area contributed by atoms with E-state index in [1.165, 1.54) is 0 Å². The van der Waals surface area contributed by atoms with Crippen LogP contribution in [0.15, 0.2) is 139 Å². The summed E-state index contributed by atoms with van der Waals surface area (Å²) in [5.74, 6) is 1.49. The molecular formula is C24H20Cl4N4O4P4. The molecule has 0 saturated heterocycles. The van der Waals surface area contributed by atoms with Crippen molar-refractivity contribution in [1.82, 2.24) is 0 Å². The number of benzene rings is 4. The van der Waals surface area contributed by atoms with E-state index in [1.54, 1.807) is 97.1 Å². The van der Waals surface area contributed by atoms with Gasteiger partial charge in [-0.3, -0.25) is 0 Å². The molecule has 0 aromatic heterocycles. The summed E-state index contributed by atoms with van der Waals surface area (Å²) >= 11 is 28.1. The maximum atomic E-state index is 7.03. The molecule has 1 aliphatic heterocycles. The second-order valence-corrected chi connectivity index (χ2v) is 20.5. The molecule has 208 valence electrons. The Morgan fingerprint density at radius 1 is 0.325 bits per heavy atom. The van der Waals surface area contributed by atoms with Gasteiger partial charge >= 0.3 is 27.1 Å². The van der Waals surface area contributed by atoms with Crippen molar-refractivity contribution in [3.8, 4) is 23.0 Å². The van der Waals surface area contributed by atoms with E-state index in [1.807, 2.05) is 24.3 Å². The number of rotatable bonds is 8. The van der Waals surface area contributed by atoms with Gasteiger partial charge in [0.1, 0.15) is 23.0 Å². The molecule has 1 heterocycles. The first-order chi connectivity index (χ1) is 19.1. The topological polar surface area (TPSA) is 86.4 Å². The van der Waals surface area contributed by atoms with E-state index in [9.17, 15) is 0 Å². The monoisotopic (exact) mass is 692 g/mol. The first kappa shape index (κ1) is 29.6. The fourth-order valence-corrected chi connectivity index (χ4v) is 21.0. The van der Waals surface area contributed by atoms with Gasteiger partial charge in [0.2, 0.25) is 0 Å². The average Bonchev–Trinajstić information content (AvgIpc) is 2.89. The Morgan fingerprint density at radius 3 is 0.675 bits per heavy atom. The normalized spacial score (nSPS) is 27.7. The summed E-state index contributed by atoms with van der Waals surface area (Å²) in [4.78, 5) is 0. The minimum absolute atomic E-state index is 0.372. The van der Waals surface area contributed by atoms with Crippen LogP contribution in [-0.4, -0.2) is 0 Å². The summed E-state index contributed by atoms with van der Waals surface area (Å²) < 4.78 is 42.9. The van der Waals surface area contributed by atoms with Crippen LogP contribution >= 0.6 is 72.1 Å². The quantitative estimate of drug-likeness (QED) is 0.172. The van der Waals surface area contributed by atoms with Crippen LogP contribution in [0.2, 0.25) is 0 Å². The third-order valence-electron chi connectivity index (χ3n) is 4.74. The Balaban J connectivity index is 1.74. The standard InChI is InChI=1S/C24H20Cl4N4O4P4/c25-37(33-21-13-5-1-6-14-21)29-38(26,34-22-15-7-2-8-16-22)31-40(28,36-24-19-11-4-12-20-24)32-39(27,30-37)35-23-17-9-3-10-18-23/h1-20H. The maximum Gasteiger partial charge on any atom is 0.354 e. The second kappa shape index (κ2) is 12.6. The van der Waals surface area contributed by atoms with Gasteiger partial charge in [-0.25, -0.2) is 0 Å². The number of para-hydroxylation sites is 4. The molecule has 4 aromatic carbocycles. The van der Waals surface area contributed by atoms with Gasteiger partial charge in [0.15, 0.2) is 0 Å². The predicted molar refractivity (Wildman–Crippen MR) is 169 cm³/mol. The van der Waals surface area contributed by atoms with Gasteiger partial charge in [0.25, 0.3) is 0 Å². The zero-order chi connectivity index (χ0) is 28.1. The van der Waals surface area contributed by atoms with Crippen molar-refractivity contribution in [1.29, 1.82) is 0 Å². The lowest BCUT2D eigenvalue weighted by Gasteiger charge is -2.27. The highest BCUT2D eigenvalue weighted by Crippen LogP contribution is 2.83. The third-order valence-corrected chi connectivity index (χ3v) is 19.3. The number of nitrogens with zero attached hydrogens (tertiary/aromatic N) is 4. The Bertz CT molecular complexity index is 1420. The molecule has 0 fully saturated rings. The molecule has 0 N–H and O–H groups in total. The zero-order valence-corrected chi connectivity index (χ0v) is 26.9. The summed E-state index contributed by atoms with van der Waals surface area (Å²) in [5.41, 5.74) is 0. The van der Waals surface area contributed by atoms with Gasteiger partial charge in [0.05, 0.1) is 0 Å². The van der Waals surface area contributed by atoms with Crippen LogP contribution in [0.3, 0.4) is 0 Å². The summed E-state index contributed by atoms with van der Waals surface area (Å²) in [6.45, 7) is -15.2. The molecule has 8 nitrogen and oxygen atoms in total. The lowest BCUT2D eigenvalue weighted by molar-refractivity contribution is 0.597. The molecule has 1 aliphatic rings. The van der Waals surface area contributed by atoms with Crippen molar-refractivity contribution < 1.29 is 18.1 Å². The first-order valence-electron chi connectivity index (χ1n) is 11.5. The van der Waals surface area contributed by atoms with Crippen LogP contribution in [0.5, 0.6) is 23.0 Å². The fraction of sp³-hybridized carbons (Fsp3) is 0. The van der Waals surface area contributed by atoms with E-state index in [4.69, 9.17) is 63.1 Å². The predicted octanol–water partition coefficient (Wildman–Crippen LogP) is 13.1. The van der Waals surface area contributed by atoms with Crippen LogP contribution < -0.4 is 18.1 Å². The van der Waals surface area contributed by atoms with Crippen LogP contribution in [0.1, 0.15) is 0 Å². The lowest BCUT2D eigenvalue weighted by atomic mass is 10.3. The molecule has 0 bridgehead atoms. The minimum atomic E-state index is -3.79. The average molecular weight is 694 g/mol. The highest BCUT2D eigenvalue weighted by molar-refractivity contribution is 8.05. The summed E-state index contributed by atoms with van der Waals surface area (Å²) in [5, 5.41) is 0. The molecule has 0 atom stereocenters. The van der Waals surface area contributed by atoms with Crippen molar-refractivity contribution in [3.05, 3.63) is 121 Å². The Labute approximate surface area is 251 Å². The first-order valence-corrected chi connectivity index (χ1v) is 21.5. The van der Waals surface area contributed by atoms with E-state index >= 15 is 0 Å². The molecule has 0 spiro atoms. The molecule has 40 heavy (non-hydrogen) atoms. The second-order valence-electron chi connectivity index (χ2n) is 7.87. The molecule has 16 heteroatoms. The molecule has 0 unspecified atom stereocenters. The van der Waals surface area contributed by atoms with Gasteiger partial charge in [-0.1, -0.05) is 72.8 Å². The van der Waals surface area contributed by atoms with Crippen molar-refractivity contribution >= 4 is 72.1 Å². The van der Waals surface area contributed by atoms with Gasteiger partial charge in [-0.2, -0.15) is 0 Å². The van der Waals surface area contributed by atoms with Gasteiger partial charge < -0.3 is 18.1 Å². The largest absolute Gasteiger partial charge is 0.431 e. The van der Waals surface area contributed by atoms with E-state index in [-0.39, 0.29) is 0 Å². The van der Waals surface area contributed by atoms with Crippen LogP contribution in [0.4, 0.5) is 0 Å². The number of hydrogen-bond donors (Lipinski definition) is 0. The SMILES string of the molecule is ClP1(Oc2ccccc2)=NP(Cl)(Oc2ccccc2)=NP(Cl)(Oc2ccccc2)=NP(Cl)(Oc2ccccc2)=N1. The van der Waals surface area contributed by atoms with Crippen LogP contribution in [0, 0.1) is 0 Å². The summed E-state index contributed by atoms with van der Waals surface area (Å²) in [6, 6.07) is 35.0. The Hall–Kier alpha value is -1.84. The van der Waals surface area contributed by atoms with E-state index < -0.39 is 27.1 Å². The van der Waals surface area contributed by atoms with Crippen molar-refractivity contribution in [3.63, 3.8) is 0 Å². The third kappa shape index (κ3) is 8.13. The molecule has 4 aromatic rings. The number of hydrogen-bond acceptors (Lipinski definition) is 8. The molecule has 0 saturated carbocycles. The fourth-order valence-electron chi connectivity index (χ4n) is 3.22. The maximum absolute atomic E-state index is 7.03. The molecule has 0 radical (unpaired) electrons. The smallest absolute Gasteiger partial charge is 0.354 e. The molecular weight excluding hydrogens is 674 g/mol.